The summed E-state index contributed by atoms with van der Waals surface area (Å²) in [5.41, 5.74) is 16.0. The van der Waals surface area contributed by atoms with Gasteiger partial charge in [0.1, 0.15) is 0 Å². The lowest BCUT2D eigenvalue weighted by Gasteiger charge is -2.33. The van der Waals surface area contributed by atoms with Crippen LogP contribution in [0.1, 0.15) is 75.3 Å². The number of fused-ring (bicyclic) bond motifs is 3. The number of anilines is 6. The van der Waals surface area contributed by atoms with Gasteiger partial charge in [-0.3, -0.25) is 29.0 Å². The fourth-order valence-corrected chi connectivity index (χ4v) is 11.7. The van der Waals surface area contributed by atoms with Gasteiger partial charge in [0.25, 0.3) is 23.6 Å². The van der Waals surface area contributed by atoms with E-state index in [0.29, 0.717) is 13.1 Å². The van der Waals surface area contributed by atoms with Crippen LogP contribution in [0.2, 0.25) is 0 Å². The zero-order chi connectivity index (χ0) is 52.6. The van der Waals surface area contributed by atoms with Gasteiger partial charge in [0.2, 0.25) is 0 Å². The highest BCUT2D eigenvalue weighted by atomic mass is 16.2. The standard InChI is InChI=1S/C69H62N4O4/c74-65-41-42-66(75)70(65)47-19-3-1-17-45-69(46-18-2-4-20-48-71-67(76)43-44-68(71)77)63-49-53(51-29-35-59(36-30-51)72(55-21-9-5-10-22-55)56-23-11-6-12-24-56)33-39-61(63)62-40-34-54(50-64(62)69)52-31-37-60(38-32-52)73(57-25-13-7-14-26-57)58-27-15-8-16-28-58/h5-16,21-44,49-50H,1-4,17-20,45-48H2. The number of para-hydroxylation sites is 4. The molecule has 1 aliphatic carbocycles. The summed E-state index contributed by atoms with van der Waals surface area (Å²) in [6, 6.07) is 74.0. The molecule has 77 heavy (non-hydrogen) atoms. The third-order valence-corrected chi connectivity index (χ3v) is 15.6. The summed E-state index contributed by atoms with van der Waals surface area (Å²) in [6.07, 6.45) is 14.5. The minimum absolute atomic E-state index is 0.228. The second kappa shape index (κ2) is 22.9. The molecule has 0 aromatic heterocycles. The van der Waals surface area contributed by atoms with E-state index < -0.39 is 0 Å². The van der Waals surface area contributed by atoms with Gasteiger partial charge in [0.15, 0.2) is 0 Å². The fraction of sp³-hybridized carbons (Fsp3) is 0.188. The van der Waals surface area contributed by atoms with Crippen molar-refractivity contribution in [3.63, 3.8) is 0 Å². The summed E-state index contributed by atoms with van der Waals surface area (Å²) in [4.78, 5) is 56.8. The molecule has 0 unspecified atom stereocenters. The maximum absolute atomic E-state index is 12.4. The lowest BCUT2D eigenvalue weighted by molar-refractivity contribution is -0.138. The van der Waals surface area contributed by atoms with Crippen LogP contribution < -0.4 is 9.80 Å². The summed E-state index contributed by atoms with van der Waals surface area (Å²) < 4.78 is 0. The number of hydrogen-bond acceptors (Lipinski definition) is 6. The Bertz CT molecular complexity index is 3100. The van der Waals surface area contributed by atoms with Crippen molar-refractivity contribution in [1.29, 1.82) is 0 Å². The third-order valence-electron chi connectivity index (χ3n) is 15.6. The van der Waals surface area contributed by atoms with Crippen molar-refractivity contribution in [3.05, 3.63) is 242 Å². The Morgan fingerprint density at radius 1 is 0.299 bits per heavy atom. The number of imide groups is 2. The van der Waals surface area contributed by atoms with E-state index in [1.165, 1.54) is 56.4 Å². The molecule has 0 radical (unpaired) electrons. The van der Waals surface area contributed by atoms with Gasteiger partial charge in [-0.25, -0.2) is 0 Å². The Labute approximate surface area is 452 Å². The zero-order valence-electron chi connectivity index (χ0n) is 43.3. The monoisotopic (exact) mass is 1010 g/mol. The number of carbonyl (C=O) groups is 4. The molecule has 2 heterocycles. The highest BCUT2D eigenvalue weighted by Gasteiger charge is 2.43. The molecule has 0 atom stereocenters. The van der Waals surface area contributed by atoms with Crippen molar-refractivity contribution in [2.24, 2.45) is 0 Å². The van der Waals surface area contributed by atoms with Crippen LogP contribution in [-0.4, -0.2) is 46.5 Å². The molecule has 0 saturated heterocycles. The molecular formula is C69H62N4O4. The number of rotatable bonds is 22. The van der Waals surface area contributed by atoms with Crippen LogP contribution in [0, 0.1) is 0 Å². The average Bonchev–Trinajstić information content (AvgIpc) is 4.25. The van der Waals surface area contributed by atoms with Gasteiger partial charge in [0, 0.05) is 76.9 Å². The van der Waals surface area contributed by atoms with Gasteiger partial charge >= 0.3 is 0 Å². The molecule has 0 fully saturated rings. The van der Waals surface area contributed by atoms with Crippen LogP contribution >= 0.6 is 0 Å². The fourth-order valence-electron chi connectivity index (χ4n) is 11.7. The average molecular weight is 1010 g/mol. The lowest BCUT2D eigenvalue weighted by Crippen LogP contribution is -2.30. The minimum atomic E-state index is -0.318. The molecular weight excluding hydrogens is 949 g/mol. The van der Waals surface area contributed by atoms with E-state index in [9.17, 15) is 19.2 Å². The summed E-state index contributed by atoms with van der Waals surface area (Å²) in [5.74, 6) is -0.912. The quantitative estimate of drug-likeness (QED) is 0.0497. The molecule has 0 spiro atoms. The number of nitrogens with zero attached hydrogens (tertiary/aromatic N) is 4. The zero-order valence-corrected chi connectivity index (χ0v) is 43.3. The molecule has 4 amide bonds. The van der Waals surface area contributed by atoms with Gasteiger partial charge < -0.3 is 9.80 Å². The highest BCUT2D eigenvalue weighted by Crippen LogP contribution is 2.56. The second-order valence-electron chi connectivity index (χ2n) is 20.4. The van der Waals surface area contributed by atoms with Crippen molar-refractivity contribution in [2.75, 3.05) is 22.9 Å². The predicted molar refractivity (Wildman–Crippen MR) is 311 cm³/mol. The SMILES string of the molecule is O=C1C=CC(=O)N1CCCCCCC1(CCCCCCN2C(=O)C=CC2=O)c2cc(-c3ccc(N(c4ccccc4)c4ccccc4)cc3)ccc2-c2ccc(-c3ccc(N(c4ccccc4)c4ccccc4)cc3)cc21. The van der Waals surface area contributed by atoms with Crippen molar-refractivity contribution in [3.8, 4) is 33.4 Å². The number of carbonyl (C=O) groups excluding carboxylic acids is 4. The van der Waals surface area contributed by atoms with E-state index in [1.54, 1.807) is 0 Å². The topological polar surface area (TPSA) is 81.2 Å². The smallest absolute Gasteiger partial charge is 0.253 e. The van der Waals surface area contributed by atoms with E-state index in [2.05, 4.69) is 192 Å². The molecule has 8 heteroatoms. The third kappa shape index (κ3) is 10.7. The van der Waals surface area contributed by atoms with Crippen LogP contribution in [0.15, 0.2) is 231 Å². The van der Waals surface area contributed by atoms with E-state index in [1.807, 2.05) is 24.3 Å². The van der Waals surface area contributed by atoms with Crippen LogP contribution in [0.5, 0.6) is 0 Å². The van der Waals surface area contributed by atoms with Gasteiger partial charge in [-0.1, -0.05) is 160 Å². The van der Waals surface area contributed by atoms with Crippen LogP contribution in [-0.2, 0) is 24.6 Å². The minimum Gasteiger partial charge on any atom is -0.311 e. The first-order chi connectivity index (χ1) is 37.8. The van der Waals surface area contributed by atoms with E-state index in [4.69, 9.17) is 0 Å². The van der Waals surface area contributed by atoms with Crippen molar-refractivity contribution >= 4 is 57.8 Å². The Hall–Kier alpha value is -8.88. The summed E-state index contributed by atoms with van der Waals surface area (Å²) in [6.45, 7) is 0.860. The van der Waals surface area contributed by atoms with Gasteiger partial charge in [-0.15, -0.1) is 0 Å². The number of unbranched alkanes of at least 4 members (excludes halogenated alkanes) is 6. The van der Waals surface area contributed by atoms with Crippen molar-refractivity contribution in [2.45, 2.75) is 69.6 Å². The van der Waals surface area contributed by atoms with Gasteiger partial charge in [-0.05, 0) is 155 Å². The van der Waals surface area contributed by atoms with Crippen LogP contribution in [0.4, 0.5) is 34.1 Å². The Kier molecular flexibility index (Phi) is 15.0. The van der Waals surface area contributed by atoms with E-state index >= 15 is 0 Å². The molecule has 11 rings (SSSR count). The van der Waals surface area contributed by atoms with E-state index in [-0.39, 0.29) is 29.0 Å². The summed E-state index contributed by atoms with van der Waals surface area (Å²) in [5, 5.41) is 0. The van der Waals surface area contributed by atoms with Crippen molar-refractivity contribution in [1.82, 2.24) is 9.80 Å². The molecule has 2 aliphatic heterocycles. The normalized spacial score (nSPS) is 14.1. The summed E-state index contributed by atoms with van der Waals surface area (Å²) in [7, 11) is 0. The van der Waals surface area contributed by atoms with Crippen LogP contribution in [0.3, 0.4) is 0 Å². The molecule has 8 nitrogen and oxygen atoms in total. The lowest BCUT2D eigenvalue weighted by atomic mass is 9.70. The highest BCUT2D eigenvalue weighted by molar-refractivity contribution is 6.13. The Morgan fingerprint density at radius 2 is 0.584 bits per heavy atom. The maximum Gasteiger partial charge on any atom is 0.253 e. The van der Waals surface area contributed by atoms with E-state index in [0.717, 1.165) is 121 Å². The predicted octanol–water partition coefficient (Wildman–Crippen LogP) is 16.0. The Morgan fingerprint density at radius 3 is 0.909 bits per heavy atom. The number of amides is 4. The molecule has 3 aliphatic rings. The largest absolute Gasteiger partial charge is 0.311 e. The number of benzene rings is 8. The first kappa shape index (κ1) is 50.3. The molecule has 0 bridgehead atoms. The molecule has 8 aromatic rings. The summed E-state index contributed by atoms with van der Waals surface area (Å²) >= 11 is 0. The van der Waals surface area contributed by atoms with Gasteiger partial charge in [0.05, 0.1) is 0 Å². The molecule has 8 aromatic carbocycles. The van der Waals surface area contributed by atoms with Gasteiger partial charge in [-0.2, -0.15) is 0 Å². The van der Waals surface area contributed by atoms with Crippen LogP contribution in [0.25, 0.3) is 33.4 Å². The maximum atomic E-state index is 12.4. The first-order valence-electron chi connectivity index (χ1n) is 27.2. The Balaban J connectivity index is 0.938. The first-order valence-corrected chi connectivity index (χ1v) is 27.2. The second-order valence-corrected chi connectivity index (χ2v) is 20.4. The molecule has 382 valence electrons. The molecule has 0 N–H and O–H groups in total. The number of hydrogen-bond donors (Lipinski definition) is 0. The molecule has 0 saturated carbocycles. The van der Waals surface area contributed by atoms with Crippen molar-refractivity contribution < 1.29 is 19.2 Å².